The third-order valence-corrected chi connectivity index (χ3v) is 4.79. The van der Waals surface area contributed by atoms with Gasteiger partial charge >= 0.3 is 0 Å². The second-order valence-corrected chi connectivity index (χ2v) is 6.53. The van der Waals surface area contributed by atoms with Crippen LogP contribution >= 0.6 is 11.6 Å². The number of hydrogen-bond acceptors (Lipinski definition) is 4. The van der Waals surface area contributed by atoms with Crippen LogP contribution < -0.4 is 5.32 Å². The van der Waals surface area contributed by atoms with E-state index in [0.29, 0.717) is 11.1 Å². The van der Waals surface area contributed by atoms with Gasteiger partial charge in [0.2, 0.25) is 0 Å². The molecule has 3 atom stereocenters. The second kappa shape index (κ2) is 6.69. The summed E-state index contributed by atoms with van der Waals surface area (Å²) in [6.07, 6.45) is 4.17. The molecule has 1 spiro atoms. The first-order valence-electron chi connectivity index (χ1n) is 7.93. The summed E-state index contributed by atoms with van der Waals surface area (Å²) in [4.78, 5) is 0. The lowest BCUT2D eigenvalue weighted by Crippen LogP contribution is -2.44. The summed E-state index contributed by atoms with van der Waals surface area (Å²) in [6.45, 7) is 5.49. The number of ether oxygens (including phenoxy) is 2. The van der Waals surface area contributed by atoms with Crippen LogP contribution in [0.3, 0.4) is 0 Å². The molecule has 0 aromatic carbocycles. The fourth-order valence-corrected chi connectivity index (χ4v) is 3.66. The molecular weight excluding hydrogens is 290 g/mol. The Morgan fingerprint density at radius 1 is 1.43 bits per heavy atom. The van der Waals surface area contributed by atoms with Gasteiger partial charge in [0, 0.05) is 19.6 Å². The summed E-state index contributed by atoms with van der Waals surface area (Å²) < 4.78 is 17.3. The SMILES string of the molecule is CCCNC(c1ccc(Cl)o1)C1CCOC2(CCOC2)C1. The van der Waals surface area contributed by atoms with Gasteiger partial charge in [-0.2, -0.15) is 0 Å². The van der Waals surface area contributed by atoms with E-state index in [9.17, 15) is 0 Å². The molecule has 4 nitrogen and oxygen atoms in total. The zero-order valence-corrected chi connectivity index (χ0v) is 13.3. The van der Waals surface area contributed by atoms with Gasteiger partial charge in [-0.25, -0.2) is 0 Å². The van der Waals surface area contributed by atoms with E-state index in [2.05, 4.69) is 12.2 Å². The number of rotatable bonds is 5. The van der Waals surface area contributed by atoms with Crippen LogP contribution in [0, 0.1) is 5.92 Å². The number of furan rings is 1. The van der Waals surface area contributed by atoms with E-state index in [1.54, 1.807) is 0 Å². The molecule has 2 aliphatic heterocycles. The molecular formula is C16H24ClNO3. The first kappa shape index (κ1) is 15.3. The van der Waals surface area contributed by atoms with E-state index in [-0.39, 0.29) is 11.6 Å². The third kappa shape index (κ3) is 3.45. The van der Waals surface area contributed by atoms with Crippen molar-refractivity contribution in [2.75, 3.05) is 26.4 Å². The monoisotopic (exact) mass is 313 g/mol. The molecule has 2 saturated heterocycles. The smallest absolute Gasteiger partial charge is 0.193 e. The van der Waals surface area contributed by atoms with Gasteiger partial charge in [-0.15, -0.1) is 0 Å². The van der Waals surface area contributed by atoms with Crippen LogP contribution in [0.25, 0.3) is 0 Å². The van der Waals surface area contributed by atoms with Gasteiger partial charge in [0.1, 0.15) is 5.76 Å². The van der Waals surface area contributed by atoms with E-state index in [1.807, 2.05) is 12.1 Å². The molecule has 0 radical (unpaired) electrons. The predicted molar refractivity (Wildman–Crippen MR) is 81.6 cm³/mol. The van der Waals surface area contributed by atoms with E-state index < -0.39 is 0 Å². The Kier molecular flexibility index (Phi) is 4.89. The lowest BCUT2D eigenvalue weighted by atomic mass is 9.80. The van der Waals surface area contributed by atoms with Crippen molar-refractivity contribution in [2.24, 2.45) is 5.92 Å². The van der Waals surface area contributed by atoms with Crippen LogP contribution in [-0.4, -0.2) is 32.0 Å². The van der Waals surface area contributed by atoms with Crippen molar-refractivity contribution in [3.63, 3.8) is 0 Å². The van der Waals surface area contributed by atoms with Crippen LogP contribution in [0.1, 0.15) is 44.4 Å². The standard InChI is InChI=1S/C16H24ClNO3/c1-2-7-18-15(13-3-4-14(17)21-13)12-5-8-20-16(10-12)6-9-19-11-16/h3-4,12,15,18H,2,5-11H2,1H3. The van der Waals surface area contributed by atoms with Crippen LogP contribution in [0.5, 0.6) is 0 Å². The van der Waals surface area contributed by atoms with Crippen LogP contribution in [0.2, 0.25) is 5.22 Å². The Morgan fingerprint density at radius 3 is 3.00 bits per heavy atom. The van der Waals surface area contributed by atoms with Crippen LogP contribution in [0.15, 0.2) is 16.5 Å². The van der Waals surface area contributed by atoms with Crippen molar-refractivity contribution in [2.45, 2.75) is 44.2 Å². The maximum Gasteiger partial charge on any atom is 0.193 e. The lowest BCUT2D eigenvalue weighted by molar-refractivity contribution is -0.104. The summed E-state index contributed by atoms with van der Waals surface area (Å²) >= 11 is 5.96. The van der Waals surface area contributed by atoms with Crippen molar-refractivity contribution in [3.8, 4) is 0 Å². The maximum absolute atomic E-state index is 6.04. The molecule has 5 heteroatoms. The molecule has 1 N–H and O–H groups in total. The normalized spacial score (nSPS) is 30.9. The Hall–Kier alpha value is -0.550. The second-order valence-electron chi connectivity index (χ2n) is 6.16. The fourth-order valence-electron chi connectivity index (χ4n) is 3.51. The largest absolute Gasteiger partial charge is 0.448 e. The Morgan fingerprint density at radius 2 is 2.33 bits per heavy atom. The van der Waals surface area contributed by atoms with Crippen LogP contribution in [-0.2, 0) is 9.47 Å². The Balaban J connectivity index is 1.75. The average molecular weight is 314 g/mol. The molecule has 0 saturated carbocycles. The average Bonchev–Trinajstić information content (AvgIpc) is 3.10. The maximum atomic E-state index is 6.04. The number of hydrogen-bond donors (Lipinski definition) is 1. The molecule has 0 amide bonds. The number of nitrogens with one attached hydrogen (secondary N) is 1. The van der Waals surface area contributed by atoms with E-state index >= 15 is 0 Å². The van der Waals surface area contributed by atoms with Crippen molar-refractivity contribution < 1.29 is 13.9 Å². The van der Waals surface area contributed by atoms with Crippen molar-refractivity contribution in [1.29, 1.82) is 0 Å². The summed E-state index contributed by atoms with van der Waals surface area (Å²) in [6, 6.07) is 4.02. The quantitative estimate of drug-likeness (QED) is 0.902. The first-order chi connectivity index (χ1) is 10.2. The van der Waals surface area contributed by atoms with Crippen molar-refractivity contribution in [3.05, 3.63) is 23.1 Å². The molecule has 118 valence electrons. The zero-order valence-electron chi connectivity index (χ0n) is 12.6. The third-order valence-electron chi connectivity index (χ3n) is 4.58. The molecule has 21 heavy (non-hydrogen) atoms. The van der Waals surface area contributed by atoms with E-state index in [0.717, 1.165) is 57.8 Å². The predicted octanol–water partition coefficient (Wildman–Crippen LogP) is 3.56. The molecule has 0 aliphatic carbocycles. The van der Waals surface area contributed by atoms with E-state index in [1.165, 1.54) is 0 Å². The molecule has 1 aromatic rings. The van der Waals surface area contributed by atoms with Gasteiger partial charge in [-0.1, -0.05) is 6.92 Å². The first-order valence-corrected chi connectivity index (χ1v) is 8.30. The van der Waals surface area contributed by atoms with Gasteiger partial charge in [0.25, 0.3) is 0 Å². The Labute approximate surface area is 131 Å². The molecule has 3 rings (SSSR count). The summed E-state index contributed by atoms with van der Waals surface area (Å²) in [5.74, 6) is 1.43. The summed E-state index contributed by atoms with van der Waals surface area (Å²) in [5, 5.41) is 4.08. The molecule has 3 unspecified atom stereocenters. The minimum atomic E-state index is -0.0779. The van der Waals surface area contributed by atoms with Crippen LogP contribution in [0.4, 0.5) is 0 Å². The molecule has 3 heterocycles. The minimum Gasteiger partial charge on any atom is -0.448 e. The highest BCUT2D eigenvalue weighted by Gasteiger charge is 2.43. The zero-order chi connectivity index (χ0) is 14.7. The molecule has 2 fully saturated rings. The number of halogens is 1. The van der Waals surface area contributed by atoms with Crippen molar-refractivity contribution >= 4 is 11.6 Å². The molecule has 1 aromatic heterocycles. The Bertz CT molecular complexity index is 456. The van der Waals surface area contributed by atoms with Gasteiger partial charge < -0.3 is 19.2 Å². The highest BCUT2D eigenvalue weighted by Crippen LogP contribution is 2.41. The van der Waals surface area contributed by atoms with Gasteiger partial charge in [0.15, 0.2) is 5.22 Å². The summed E-state index contributed by atoms with van der Waals surface area (Å²) in [7, 11) is 0. The van der Waals surface area contributed by atoms with E-state index in [4.69, 9.17) is 25.5 Å². The molecule has 0 bridgehead atoms. The van der Waals surface area contributed by atoms with Crippen molar-refractivity contribution in [1.82, 2.24) is 5.32 Å². The van der Waals surface area contributed by atoms with Gasteiger partial charge in [0.05, 0.1) is 18.2 Å². The minimum absolute atomic E-state index is 0.0779. The fraction of sp³-hybridized carbons (Fsp3) is 0.750. The highest BCUT2D eigenvalue weighted by atomic mass is 35.5. The molecule has 2 aliphatic rings. The van der Waals surface area contributed by atoms with Gasteiger partial charge in [-0.3, -0.25) is 0 Å². The summed E-state index contributed by atoms with van der Waals surface area (Å²) in [5.41, 5.74) is -0.0779. The lowest BCUT2D eigenvalue weighted by Gasteiger charge is -2.40. The topological polar surface area (TPSA) is 43.6 Å². The van der Waals surface area contributed by atoms with Gasteiger partial charge in [-0.05, 0) is 55.5 Å². The highest BCUT2D eigenvalue weighted by molar-refractivity contribution is 6.28.